The van der Waals surface area contributed by atoms with E-state index in [0.29, 0.717) is 12.5 Å². The second-order valence-corrected chi connectivity index (χ2v) is 6.76. The minimum atomic E-state index is -0.440. The number of likely N-dealkylation sites (tertiary alicyclic amines) is 1. The van der Waals surface area contributed by atoms with E-state index in [-0.39, 0.29) is 25.7 Å². The van der Waals surface area contributed by atoms with Gasteiger partial charge in [-0.25, -0.2) is 0 Å². The Morgan fingerprint density at radius 3 is 2.52 bits per heavy atom. The maximum absolute atomic E-state index is 12.0. The summed E-state index contributed by atoms with van der Waals surface area (Å²) in [5, 5.41) is 2.87. The van der Waals surface area contributed by atoms with Gasteiger partial charge in [0.2, 0.25) is 5.91 Å². The lowest BCUT2D eigenvalue weighted by molar-refractivity contribution is -0.160. The molecule has 0 bridgehead atoms. The molecule has 3 amide bonds. The van der Waals surface area contributed by atoms with Gasteiger partial charge in [0.05, 0.1) is 0 Å². The molecule has 0 unspecified atom stereocenters. The van der Waals surface area contributed by atoms with Crippen LogP contribution in [0.2, 0.25) is 0 Å². The van der Waals surface area contributed by atoms with Crippen LogP contribution in [0.4, 0.5) is 0 Å². The standard InChI is InChI=1S/C16H25N3O4/c20-14(9-19-15(21)10-23-11-16(19)22)17-7-12-5-6-18(8-12)13-3-1-2-4-13/h12-13H,1-11H2,(H,17,20)/t12-/m0/s1. The van der Waals surface area contributed by atoms with Crippen LogP contribution in [0.25, 0.3) is 0 Å². The van der Waals surface area contributed by atoms with Crippen LogP contribution < -0.4 is 5.32 Å². The average Bonchev–Trinajstić information content (AvgIpc) is 3.19. The summed E-state index contributed by atoms with van der Waals surface area (Å²) >= 11 is 0. The normalized spacial score (nSPS) is 27.0. The topological polar surface area (TPSA) is 78.9 Å². The number of nitrogens with zero attached hydrogens (tertiary/aromatic N) is 2. The summed E-state index contributed by atoms with van der Waals surface area (Å²) in [7, 11) is 0. The molecule has 1 saturated carbocycles. The molecule has 0 aromatic heterocycles. The van der Waals surface area contributed by atoms with Crippen molar-refractivity contribution in [2.45, 2.75) is 38.1 Å². The van der Waals surface area contributed by atoms with E-state index in [9.17, 15) is 14.4 Å². The molecule has 3 fully saturated rings. The van der Waals surface area contributed by atoms with Crippen molar-refractivity contribution < 1.29 is 19.1 Å². The summed E-state index contributed by atoms with van der Waals surface area (Å²) in [5.41, 5.74) is 0. The van der Waals surface area contributed by atoms with Crippen LogP contribution in [0.15, 0.2) is 0 Å². The molecule has 3 rings (SSSR count). The number of imide groups is 1. The first-order valence-corrected chi connectivity index (χ1v) is 8.55. The van der Waals surface area contributed by atoms with Crippen LogP contribution in [-0.2, 0) is 19.1 Å². The van der Waals surface area contributed by atoms with Gasteiger partial charge >= 0.3 is 0 Å². The van der Waals surface area contributed by atoms with Crippen molar-refractivity contribution in [1.29, 1.82) is 0 Å². The number of morpholine rings is 1. The summed E-state index contributed by atoms with van der Waals surface area (Å²) in [6, 6.07) is 0.735. The van der Waals surface area contributed by atoms with E-state index in [1.54, 1.807) is 0 Å². The molecule has 0 aromatic rings. The largest absolute Gasteiger partial charge is 0.362 e. The van der Waals surface area contributed by atoms with Crippen molar-refractivity contribution >= 4 is 17.7 Å². The molecule has 1 N–H and O–H groups in total. The van der Waals surface area contributed by atoms with E-state index >= 15 is 0 Å². The van der Waals surface area contributed by atoms with Gasteiger partial charge in [-0.05, 0) is 31.7 Å². The maximum atomic E-state index is 12.0. The number of hydrogen-bond donors (Lipinski definition) is 1. The van der Waals surface area contributed by atoms with E-state index in [1.807, 2.05) is 0 Å². The number of carbonyl (C=O) groups is 3. The summed E-state index contributed by atoms with van der Waals surface area (Å²) < 4.78 is 4.83. The quantitative estimate of drug-likeness (QED) is 0.706. The van der Waals surface area contributed by atoms with Gasteiger partial charge in [0, 0.05) is 19.1 Å². The molecule has 2 heterocycles. The minimum Gasteiger partial charge on any atom is -0.362 e. The highest BCUT2D eigenvalue weighted by molar-refractivity contribution is 6.01. The van der Waals surface area contributed by atoms with Crippen LogP contribution in [-0.4, -0.2) is 73.0 Å². The molecule has 7 nitrogen and oxygen atoms in total. The number of carbonyl (C=O) groups excluding carboxylic acids is 3. The van der Waals surface area contributed by atoms with E-state index in [2.05, 4.69) is 10.2 Å². The van der Waals surface area contributed by atoms with Crippen molar-refractivity contribution in [3.63, 3.8) is 0 Å². The Kier molecular flexibility index (Phi) is 5.27. The molecule has 1 aliphatic carbocycles. The second kappa shape index (κ2) is 7.40. The van der Waals surface area contributed by atoms with E-state index in [0.717, 1.165) is 30.5 Å². The molecule has 7 heteroatoms. The van der Waals surface area contributed by atoms with Crippen molar-refractivity contribution in [2.24, 2.45) is 5.92 Å². The predicted octanol–water partition coefficient (Wildman–Crippen LogP) is -0.247. The highest BCUT2D eigenvalue weighted by Gasteiger charge is 2.31. The average molecular weight is 323 g/mol. The summed E-state index contributed by atoms with van der Waals surface area (Å²) in [4.78, 5) is 38.7. The first-order chi connectivity index (χ1) is 11.1. The molecular formula is C16H25N3O4. The summed E-state index contributed by atoms with van der Waals surface area (Å²) in [5.74, 6) is -0.682. The highest BCUT2D eigenvalue weighted by atomic mass is 16.5. The Bertz CT molecular complexity index is 460. The van der Waals surface area contributed by atoms with E-state index in [4.69, 9.17) is 4.74 Å². The molecule has 3 aliphatic rings. The summed E-state index contributed by atoms with van der Waals surface area (Å²) in [6.07, 6.45) is 6.39. The molecule has 2 saturated heterocycles. The zero-order valence-electron chi connectivity index (χ0n) is 13.5. The van der Waals surface area contributed by atoms with Gasteiger partial charge < -0.3 is 15.0 Å². The Hall–Kier alpha value is -1.47. The third-order valence-electron chi connectivity index (χ3n) is 5.10. The minimum absolute atomic E-state index is 0.127. The Morgan fingerprint density at radius 1 is 1.13 bits per heavy atom. The fourth-order valence-electron chi connectivity index (χ4n) is 3.78. The van der Waals surface area contributed by atoms with Crippen LogP contribution in [0.3, 0.4) is 0 Å². The lowest BCUT2D eigenvalue weighted by Crippen LogP contribution is -2.50. The third kappa shape index (κ3) is 4.09. The van der Waals surface area contributed by atoms with Crippen LogP contribution in [0, 0.1) is 5.92 Å². The van der Waals surface area contributed by atoms with Crippen LogP contribution >= 0.6 is 0 Å². The molecule has 23 heavy (non-hydrogen) atoms. The van der Waals surface area contributed by atoms with Gasteiger partial charge in [-0.1, -0.05) is 12.8 Å². The van der Waals surface area contributed by atoms with Crippen LogP contribution in [0.5, 0.6) is 0 Å². The Labute approximate surface area is 136 Å². The molecular weight excluding hydrogens is 298 g/mol. The first-order valence-electron chi connectivity index (χ1n) is 8.55. The van der Waals surface area contributed by atoms with Crippen LogP contribution in [0.1, 0.15) is 32.1 Å². The van der Waals surface area contributed by atoms with Gasteiger partial charge in [-0.2, -0.15) is 0 Å². The van der Waals surface area contributed by atoms with Gasteiger partial charge in [0.15, 0.2) is 0 Å². The zero-order chi connectivity index (χ0) is 16.2. The maximum Gasteiger partial charge on any atom is 0.255 e. The SMILES string of the molecule is O=C(CN1C(=O)COCC1=O)NC[C@@H]1CCN(C2CCCC2)C1. The molecule has 1 atom stereocenters. The van der Waals surface area contributed by atoms with Gasteiger partial charge in [0.1, 0.15) is 19.8 Å². The zero-order valence-corrected chi connectivity index (χ0v) is 13.5. The van der Waals surface area contributed by atoms with Crippen molar-refractivity contribution in [3.05, 3.63) is 0 Å². The number of amides is 3. The van der Waals surface area contributed by atoms with Crippen molar-refractivity contribution in [2.75, 3.05) is 39.4 Å². The van der Waals surface area contributed by atoms with Gasteiger partial charge in [0.25, 0.3) is 11.8 Å². The number of nitrogens with one attached hydrogen (secondary N) is 1. The summed E-state index contributed by atoms with van der Waals surface area (Å²) in [6.45, 7) is 2.33. The monoisotopic (exact) mass is 323 g/mol. The Morgan fingerprint density at radius 2 is 1.83 bits per heavy atom. The number of rotatable bonds is 5. The smallest absolute Gasteiger partial charge is 0.255 e. The Balaban J connectivity index is 1.39. The molecule has 0 radical (unpaired) electrons. The van der Waals surface area contributed by atoms with Crippen molar-refractivity contribution in [3.8, 4) is 0 Å². The lowest BCUT2D eigenvalue weighted by atomic mass is 10.1. The number of ether oxygens (including phenoxy) is 1. The fraction of sp³-hybridized carbons (Fsp3) is 0.812. The van der Waals surface area contributed by atoms with E-state index < -0.39 is 11.8 Å². The second-order valence-electron chi connectivity index (χ2n) is 6.76. The molecule has 0 aromatic carbocycles. The number of hydrogen-bond acceptors (Lipinski definition) is 5. The fourth-order valence-corrected chi connectivity index (χ4v) is 3.78. The first kappa shape index (κ1) is 16.4. The molecule has 2 aliphatic heterocycles. The van der Waals surface area contributed by atoms with Gasteiger partial charge in [-0.3, -0.25) is 19.3 Å². The predicted molar refractivity (Wildman–Crippen MR) is 82.5 cm³/mol. The van der Waals surface area contributed by atoms with E-state index in [1.165, 1.54) is 25.7 Å². The lowest BCUT2D eigenvalue weighted by Gasteiger charge is -2.25. The molecule has 128 valence electrons. The van der Waals surface area contributed by atoms with Crippen molar-refractivity contribution in [1.82, 2.24) is 15.1 Å². The third-order valence-corrected chi connectivity index (χ3v) is 5.10. The molecule has 0 spiro atoms. The van der Waals surface area contributed by atoms with Gasteiger partial charge in [-0.15, -0.1) is 0 Å². The highest BCUT2D eigenvalue weighted by Crippen LogP contribution is 2.28.